The van der Waals surface area contributed by atoms with Gasteiger partial charge in [-0.15, -0.1) is 0 Å². The molecule has 1 atom stereocenters. The van der Waals surface area contributed by atoms with Crippen molar-refractivity contribution in [3.05, 3.63) is 65.2 Å². The first kappa shape index (κ1) is 13.7. The van der Waals surface area contributed by atoms with Crippen molar-refractivity contribution in [3.63, 3.8) is 0 Å². The average molecular weight is 284 g/mol. The second-order valence-electron chi connectivity index (χ2n) is 5.37. The molecule has 1 fully saturated rings. The molecule has 3 rings (SSSR count). The Morgan fingerprint density at radius 1 is 1.33 bits per heavy atom. The van der Waals surface area contributed by atoms with E-state index in [4.69, 9.17) is 0 Å². The van der Waals surface area contributed by atoms with Gasteiger partial charge in [0.15, 0.2) is 5.82 Å². The van der Waals surface area contributed by atoms with Crippen LogP contribution in [0.3, 0.4) is 0 Å². The summed E-state index contributed by atoms with van der Waals surface area (Å²) >= 11 is 0. The lowest BCUT2D eigenvalue weighted by atomic mass is 9.99. The van der Waals surface area contributed by atoms with Crippen LogP contribution >= 0.6 is 0 Å². The number of halogens is 1. The molecular weight excluding hydrogens is 267 g/mol. The van der Waals surface area contributed by atoms with Crippen LogP contribution in [-0.2, 0) is 0 Å². The summed E-state index contributed by atoms with van der Waals surface area (Å²) in [6.45, 7) is 2.71. The second-order valence-corrected chi connectivity index (χ2v) is 5.37. The van der Waals surface area contributed by atoms with E-state index in [0.717, 1.165) is 30.2 Å². The number of amides is 1. The van der Waals surface area contributed by atoms with Crippen LogP contribution in [0.1, 0.15) is 40.4 Å². The summed E-state index contributed by atoms with van der Waals surface area (Å²) in [7, 11) is 0. The van der Waals surface area contributed by atoms with Crippen LogP contribution in [0.15, 0.2) is 42.7 Å². The van der Waals surface area contributed by atoms with Crippen LogP contribution in [0.5, 0.6) is 0 Å². The highest BCUT2D eigenvalue weighted by molar-refractivity contribution is 5.94. The van der Waals surface area contributed by atoms with Gasteiger partial charge in [-0.1, -0.05) is 24.3 Å². The molecule has 2 heterocycles. The van der Waals surface area contributed by atoms with Crippen LogP contribution in [0.4, 0.5) is 4.39 Å². The van der Waals surface area contributed by atoms with Crippen LogP contribution in [-0.4, -0.2) is 22.3 Å². The summed E-state index contributed by atoms with van der Waals surface area (Å²) in [6.07, 6.45) is 4.40. The number of pyridine rings is 1. The molecule has 2 aromatic rings. The lowest BCUT2D eigenvalue weighted by molar-refractivity contribution is 0.0730. The first-order chi connectivity index (χ1) is 10.2. The lowest BCUT2D eigenvalue weighted by Crippen LogP contribution is -2.31. The van der Waals surface area contributed by atoms with Crippen LogP contribution in [0, 0.1) is 12.7 Å². The van der Waals surface area contributed by atoms with Gasteiger partial charge in [-0.3, -0.25) is 9.78 Å². The molecule has 1 aromatic heterocycles. The highest BCUT2D eigenvalue weighted by Crippen LogP contribution is 2.34. The number of aromatic nitrogens is 1. The van der Waals surface area contributed by atoms with Gasteiger partial charge in [0.1, 0.15) is 0 Å². The topological polar surface area (TPSA) is 33.2 Å². The second kappa shape index (κ2) is 5.64. The molecule has 0 bridgehead atoms. The van der Waals surface area contributed by atoms with E-state index in [1.54, 1.807) is 4.90 Å². The summed E-state index contributed by atoms with van der Waals surface area (Å²) in [6, 6.07) is 9.55. The third-order valence-electron chi connectivity index (χ3n) is 4.06. The number of likely N-dealkylation sites (tertiary alicyclic amines) is 1. The number of nitrogens with zero attached hydrogens (tertiary/aromatic N) is 2. The highest BCUT2D eigenvalue weighted by Gasteiger charge is 2.32. The number of hydrogen-bond acceptors (Lipinski definition) is 2. The van der Waals surface area contributed by atoms with E-state index in [9.17, 15) is 9.18 Å². The highest BCUT2D eigenvalue weighted by atomic mass is 19.1. The van der Waals surface area contributed by atoms with Crippen molar-refractivity contribution in [2.45, 2.75) is 25.8 Å². The molecule has 1 aliphatic rings. The van der Waals surface area contributed by atoms with E-state index in [1.165, 1.54) is 12.3 Å². The molecule has 0 N–H and O–H groups in total. The Bertz CT molecular complexity index is 671. The van der Waals surface area contributed by atoms with Gasteiger partial charge < -0.3 is 4.90 Å². The minimum atomic E-state index is -0.557. The van der Waals surface area contributed by atoms with Gasteiger partial charge in [-0.05, 0) is 37.0 Å². The fourth-order valence-electron chi connectivity index (χ4n) is 3.00. The molecule has 1 saturated heterocycles. The molecular formula is C17H17FN2O. The summed E-state index contributed by atoms with van der Waals surface area (Å²) in [5.41, 5.74) is 2.42. The molecule has 0 radical (unpaired) electrons. The normalized spacial score (nSPS) is 18.0. The van der Waals surface area contributed by atoms with Crippen molar-refractivity contribution in [1.82, 2.24) is 9.88 Å². The zero-order valence-electron chi connectivity index (χ0n) is 11.9. The Balaban J connectivity index is 1.93. The predicted octanol–water partition coefficient (Wildman–Crippen LogP) is 3.51. The van der Waals surface area contributed by atoms with Gasteiger partial charge in [0.05, 0.1) is 17.8 Å². The maximum Gasteiger partial charge on any atom is 0.257 e. The fourth-order valence-corrected chi connectivity index (χ4v) is 3.00. The smallest absolute Gasteiger partial charge is 0.257 e. The molecule has 4 heteroatoms. The Morgan fingerprint density at radius 3 is 2.90 bits per heavy atom. The van der Waals surface area contributed by atoms with Crippen molar-refractivity contribution in [3.8, 4) is 0 Å². The van der Waals surface area contributed by atoms with E-state index in [0.29, 0.717) is 6.54 Å². The van der Waals surface area contributed by atoms with Crippen molar-refractivity contribution in [2.24, 2.45) is 0 Å². The third-order valence-corrected chi connectivity index (χ3v) is 4.06. The molecule has 1 aliphatic heterocycles. The Hall–Kier alpha value is -2.23. The number of carbonyl (C=O) groups is 1. The van der Waals surface area contributed by atoms with Crippen LogP contribution in [0.2, 0.25) is 0 Å². The Kier molecular flexibility index (Phi) is 3.69. The molecule has 0 aliphatic carbocycles. The quantitative estimate of drug-likeness (QED) is 0.845. The molecule has 1 unspecified atom stereocenters. The maximum atomic E-state index is 13.8. The monoisotopic (exact) mass is 284 g/mol. The molecule has 1 amide bonds. The number of benzene rings is 1. The fraction of sp³-hybridized carbons (Fsp3) is 0.294. The summed E-state index contributed by atoms with van der Waals surface area (Å²) in [5.74, 6) is -0.807. The number of carbonyl (C=O) groups excluding carboxylic acids is 1. The molecule has 0 spiro atoms. The van der Waals surface area contributed by atoms with E-state index in [1.807, 2.05) is 25.1 Å². The van der Waals surface area contributed by atoms with E-state index in [-0.39, 0.29) is 17.5 Å². The molecule has 21 heavy (non-hydrogen) atoms. The van der Waals surface area contributed by atoms with E-state index in [2.05, 4.69) is 11.1 Å². The summed E-state index contributed by atoms with van der Waals surface area (Å²) in [5, 5.41) is 0. The SMILES string of the molecule is Cc1ccccc1C1CCCN1C(=O)c1ccncc1F. The van der Waals surface area contributed by atoms with Crippen LogP contribution in [0.25, 0.3) is 0 Å². The van der Waals surface area contributed by atoms with Gasteiger partial charge in [-0.2, -0.15) is 0 Å². The zero-order valence-corrected chi connectivity index (χ0v) is 11.9. The molecule has 108 valence electrons. The Morgan fingerprint density at radius 2 is 2.14 bits per heavy atom. The summed E-state index contributed by atoms with van der Waals surface area (Å²) in [4.78, 5) is 18.1. The van der Waals surface area contributed by atoms with Crippen molar-refractivity contribution >= 4 is 5.91 Å². The van der Waals surface area contributed by atoms with Gasteiger partial charge in [-0.25, -0.2) is 4.39 Å². The molecule has 3 nitrogen and oxygen atoms in total. The van der Waals surface area contributed by atoms with E-state index >= 15 is 0 Å². The lowest BCUT2D eigenvalue weighted by Gasteiger charge is -2.26. The van der Waals surface area contributed by atoms with Gasteiger partial charge in [0.25, 0.3) is 5.91 Å². The molecule has 0 saturated carbocycles. The number of rotatable bonds is 2. The summed E-state index contributed by atoms with van der Waals surface area (Å²) < 4.78 is 13.8. The van der Waals surface area contributed by atoms with Crippen molar-refractivity contribution in [1.29, 1.82) is 0 Å². The van der Waals surface area contributed by atoms with Crippen molar-refractivity contribution < 1.29 is 9.18 Å². The maximum absolute atomic E-state index is 13.8. The van der Waals surface area contributed by atoms with E-state index < -0.39 is 5.82 Å². The minimum absolute atomic E-state index is 0.0336. The molecule has 1 aromatic carbocycles. The van der Waals surface area contributed by atoms with Gasteiger partial charge in [0, 0.05) is 12.7 Å². The largest absolute Gasteiger partial charge is 0.332 e. The standard InChI is InChI=1S/C17H17FN2O/c1-12-5-2-3-6-13(12)16-7-4-10-20(16)17(21)14-8-9-19-11-15(14)18/h2-3,5-6,8-9,11,16H,4,7,10H2,1H3. The number of hydrogen-bond donors (Lipinski definition) is 0. The minimum Gasteiger partial charge on any atom is -0.332 e. The van der Waals surface area contributed by atoms with Crippen LogP contribution < -0.4 is 0 Å². The zero-order chi connectivity index (χ0) is 14.8. The number of aryl methyl sites for hydroxylation is 1. The third kappa shape index (κ3) is 2.53. The average Bonchev–Trinajstić information content (AvgIpc) is 2.97. The first-order valence-corrected chi connectivity index (χ1v) is 7.14. The van der Waals surface area contributed by atoms with Crippen molar-refractivity contribution in [2.75, 3.05) is 6.54 Å². The van der Waals surface area contributed by atoms with Gasteiger partial charge >= 0.3 is 0 Å². The van der Waals surface area contributed by atoms with Gasteiger partial charge in [0.2, 0.25) is 0 Å². The predicted molar refractivity (Wildman–Crippen MR) is 78.4 cm³/mol. The Labute approximate surface area is 123 Å². The first-order valence-electron chi connectivity index (χ1n) is 7.14.